The zero-order valence-electron chi connectivity index (χ0n) is 11.2. The molecule has 2 rings (SSSR count). The molecule has 0 bridgehead atoms. The van der Waals surface area contributed by atoms with Gasteiger partial charge in [0.1, 0.15) is 5.82 Å². The lowest BCUT2D eigenvalue weighted by Crippen LogP contribution is -2.19. The van der Waals surface area contributed by atoms with Crippen LogP contribution in [0.15, 0.2) is 42.5 Å². The number of hydrogen-bond acceptors (Lipinski definition) is 2. The molecule has 1 N–H and O–H groups in total. The number of rotatable bonds is 4. The molecular weight excluding hydrogens is 241 g/mol. The maximum atomic E-state index is 13.9. The summed E-state index contributed by atoms with van der Waals surface area (Å²) in [6, 6.07) is 12.9. The largest absolute Gasteiger partial charge is 0.392 e. The van der Waals surface area contributed by atoms with Gasteiger partial charge < -0.3 is 10.0 Å². The highest BCUT2D eigenvalue weighted by atomic mass is 19.1. The Hall–Kier alpha value is -1.87. The lowest BCUT2D eigenvalue weighted by molar-refractivity contribution is 0.281. The number of anilines is 1. The Morgan fingerprint density at radius 3 is 2.42 bits per heavy atom. The Bertz CT molecular complexity index is 551. The van der Waals surface area contributed by atoms with Gasteiger partial charge in [0, 0.05) is 19.2 Å². The first-order valence-electron chi connectivity index (χ1n) is 6.26. The number of benzene rings is 2. The van der Waals surface area contributed by atoms with E-state index in [4.69, 9.17) is 0 Å². The van der Waals surface area contributed by atoms with E-state index in [1.54, 1.807) is 12.1 Å². The molecule has 0 unspecified atom stereocenters. The van der Waals surface area contributed by atoms with Crippen molar-refractivity contribution in [2.24, 2.45) is 0 Å². The summed E-state index contributed by atoms with van der Waals surface area (Å²) in [4.78, 5) is 1.82. The normalized spacial score (nSPS) is 10.5. The average molecular weight is 259 g/mol. The number of halogens is 1. The number of aryl methyl sites for hydroxylation is 1. The Kier molecular flexibility index (Phi) is 4.17. The number of aliphatic hydroxyl groups excluding tert-OH is 1. The minimum absolute atomic E-state index is 0.161. The van der Waals surface area contributed by atoms with Gasteiger partial charge in [-0.15, -0.1) is 0 Å². The van der Waals surface area contributed by atoms with Crippen molar-refractivity contribution in [2.75, 3.05) is 11.9 Å². The van der Waals surface area contributed by atoms with E-state index < -0.39 is 0 Å². The van der Waals surface area contributed by atoms with Crippen LogP contribution in [0.25, 0.3) is 0 Å². The van der Waals surface area contributed by atoms with Crippen LogP contribution in [0, 0.1) is 12.7 Å². The van der Waals surface area contributed by atoms with Crippen LogP contribution < -0.4 is 4.90 Å². The van der Waals surface area contributed by atoms with Gasteiger partial charge in [0.25, 0.3) is 0 Å². The van der Waals surface area contributed by atoms with Gasteiger partial charge in [-0.05, 0) is 18.6 Å². The van der Waals surface area contributed by atoms with E-state index in [9.17, 15) is 9.50 Å². The molecule has 0 heterocycles. The highest BCUT2D eigenvalue weighted by molar-refractivity contribution is 5.54. The Morgan fingerprint density at radius 1 is 1.11 bits per heavy atom. The number of hydrogen-bond donors (Lipinski definition) is 1. The van der Waals surface area contributed by atoms with Crippen molar-refractivity contribution in [3.8, 4) is 0 Å². The van der Waals surface area contributed by atoms with Gasteiger partial charge in [-0.25, -0.2) is 4.39 Å². The van der Waals surface area contributed by atoms with Crippen molar-refractivity contribution in [1.82, 2.24) is 0 Å². The van der Waals surface area contributed by atoms with E-state index in [1.807, 2.05) is 43.1 Å². The SMILES string of the molecule is Cc1ccc(CN(C)c2c(F)cccc2CO)cc1. The second kappa shape index (κ2) is 5.85. The molecule has 0 amide bonds. The van der Waals surface area contributed by atoms with E-state index in [2.05, 4.69) is 0 Å². The second-order valence-corrected chi connectivity index (χ2v) is 4.75. The number of nitrogens with zero attached hydrogens (tertiary/aromatic N) is 1. The lowest BCUT2D eigenvalue weighted by atomic mass is 10.1. The predicted molar refractivity (Wildman–Crippen MR) is 75.6 cm³/mol. The topological polar surface area (TPSA) is 23.5 Å². The van der Waals surface area contributed by atoms with Crippen LogP contribution in [-0.2, 0) is 13.2 Å². The molecule has 2 aromatic carbocycles. The molecule has 0 saturated heterocycles. The molecule has 0 aromatic heterocycles. The summed E-state index contributed by atoms with van der Waals surface area (Å²) in [6.45, 7) is 2.48. The Morgan fingerprint density at radius 2 is 1.79 bits per heavy atom. The van der Waals surface area contributed by atoms with E-state index in [1.165, 1.54) is 11.6 Å². The van der Waals surface area contributed by atoms with Gasteiger partial charge in [-0.1, -0.05) is 42.0 Å². The van der Waals surface area contributed by atoms with Crippen LogP contribution in [0.5, 0.6) is 0 Å². The molecule has 0 radical (unpaired) electrons. The third kappa shape index (κ3) is 3.12. The van der Waals surface area contributed by atoms with Crippen molar-refractivity contribution in [1.29, 1.82) is 0 Å². The molecule has 0 atom stereocenters. The van der Waals surface area contributed by atoms with Gasteiger partial charge >= 0.3 is 0 Å². The van der Waals surface area contributed by atoms with Gasteiger partial charge in [0.15, 0.2) is 0 Å². The zero-order chi connectivity index (χ0) is 13.8. The number of aliphatic hydroxyl groups is 1. The van der Waals surface area contributed by atoms with E-state index in [-0.39, 0.29) is 12.4 Å². The molecule has 0 fully saturated rings. The smallest absolute Gasteiger partial charge is 0.146 e. The first-order chi connectivity index (χ1) is 9.11. The first kappa shape index (κ1) is 13.6. The third-order valence-electron chi connectivity index (χ3n) is 3.16. The van der Waals surface area contributed by atoms with Crippen molar-refractivity contribution < 1.29 is 9.50 Å². The zero-order valence-corrected chi connectivity index (χ0v) is 11.2. The molecule has 3 heteroatoms. The van der Waals surface area contributed by atoms with Gasteiger partial charge in [0.2, 0.25) is 0 Å². The molecule has 0 aliphatic rings. The molecule has 2 aromatic rings. The van der Waals surface area contributed by atoms with Crippen molar-refractivity contribution in [2.45, 2.75) is 20.1 Å². The summed E-state index contributed by atoms with van der Waals surface area (Å²) in [5.74, 6) is -0.304. The molecule has 2 nitrogen and oxygen atoms in total. The molecule has 100 valence electrons. The summed E-state index contributed by atoms with van der Waals surface area (Å²) in [5, 5.41) is 9.30. The van der Waals surface area contributed by atoms with Gasteiger partial charge in [-0.3, -0.25) is 0 Å². The Labute approximate surface area is 113 Å². The minimum Gasteiger partial charge on any atom is -0.392 e. The number of para-hydroxylation sites is 1. The minimum atomic E-state index is -0.304. The summed E-state index contributed by atoms with van der Waals surface area (Å²) in [5.41, 5.74) is 3.38. The molecule has 0 aliphatic heterocycles. The summed E-state index contributed by atoms with van der Waals surface area (Å²) >= 11 is 0. The third-order valence-corrected chi connectivity index (χ3v) is 3.16. The predicted octanol–water partition coefficient (Wildman–Crippen LogP) is 3.26. The molecule has 0 spiro atoms. The van der Waals surface area contributed by atoms with Gasteiger partial charge in [0.05, 0.1) is 12.3 Å². The van der Waals surface area contributed by atoms with Crippen LogP contribution in [0.3, 0.4) is 0 Å². The van der Waals surface area contributed by atoms with Crippen LogP contribution >= 0.6 is 0 Å². The quantitative estimate of drug-likeness (QED) is 0.911. The monoisotopic (exact) mass is 259 g/mol. The molecule has 0 saturated carbocycles. The van der Waals surface area contributed by atoms with Crippen LogP contribution in [0.2, 0.25) is 0 Å². The second-order valence-electron chi connectivity index (χ2n) is 4.75. The Balaban J connectivity index is 2.24. The molecular formula is C16H18FNO. The molecule has 0 aliphatic carbocycles. The van der Waals surface area contributed by atoms with E-state index >= 15 is 0 Å². The van der Waals surface area contributed by atoms with Crippen molar-refractivity contribution in [3.05, 3.63) is 65.0 Å². The summed E-state index contributed by atoms with van der Waals surface area (Å²) < 4.78 is 13.9. The maximum Gasteiger partial charge on any atom is 0.146 e. The van der Waals surface area contributed by atoms with Crippen LogP contribution in [0.1, 0.15) is 16.7 Å². The van der Waals surface area contributed by atoms with Gasteiger partial charge in [-0.2, -0.15) is 0 Å². The average Bonchev–Trinajstić information content (AvgIpc) is 2.40. The lowest BCUT2D eigenvalue weighted by Gasteiger charge is -2.22. The standard InChI is InChI=1S/C16H18FNO/c1-12-6-8-13(9-7-12)10-18(2)16-14(11-19)4-3-5-15(16)17/h3-9,19H,10-11H2,1-2H3. The highest BCUT2D eigenvalue weighted by Crippen LogP contribution is 2.25. The van der Waals surface area contributed by atoms with Crippen LogP contribution in [-0.4, -0.2) is 12.2 Å². The fraction of sp³-hybridized carbons (Fsp3) is 0.250. The van der Waals surface area contributed by atoms with E-state index in [0.29, 0.717) is 17.8 Å². The summed E-state index contributed by atoms with van der Waals surface area (Å²) in [7, 11) is 1.83. The van der Waals surface area contributed by atoms with Crippen molar-refractivity contribution in [3.63, 3.8) is 0 Å². The molecule has 19 heavy (non-hydrogen) atoms. The van der Waals surface area contributed by atoms with E-state index in [0.717, 1.165) is 5.56 Å². The van der Waals surface area contributed by atoms with Crippen molar-refractivity contribution >= 4 is 5.69 Å². The maximum absolute atomic E-state index is 13.9. The van der Waals surface area contributed by atoms with Crippen LogP contribution in [0.4, 0.5) is 10.1 Å². The first-order valence-corrected chi connectivity index (χ1v) is 6.26. The highest BCUT2D eigenvalue weighted by Gasteiger charge is 2.12. The fourth-order valence-electron chi connectivity index (χ4n) is 2.16. The summed E-state index contributed by atoms with van der Waals surface area (Å²) in [6.07, 6.45) is 0. The fourth-order valence-corrected chi connectivity index (χ4v) is 2.16.